The second-order valence-electron chi connectivity index (χ2n) is 3.90. The molecular formula is C11H19N3. The SMILES string of the molecule is CCCC(C)c1cnc(N(C)C)nc1. The Kier molecular flexibility index (Phi) is 3.86. The Balaban J connectivity index is 2.72. The van der Waals surface area contributed by atoms with Gasteiger partial charge in [-0.1, -0.05) is 20.3 Å². The minimum Gasteiger partial charge on any atom is -0.347 e. The first kappa shape index (κ1) is 11.0. The maximum Gasteiger partial charge on any atom is 0.224 e. The Bertz CT molecular complexity index is 266. The number of aromatic nitrogens is 2. The molecule has 1 unspecified atom stereocenters. The van der Waals surface area contributed by atoms with E-state index in [1.54, 1.807) is 0 Å². The van der Waals surface area contributed by atoms with E-state index in [1.165, 1.54) is 18.4 Å². The van der Waals surface area contributed by atoms with Crippen LogP contribution in [0.1, 0.15) is 38.2 Å². The molecule has 0 bridgehead atoms. The van der Waals surface area contributed by atoms with Gasteiger partial charge < -0.3 is 4.90 Å². The zero-order valence-corrected chi connectivity index (χ0v) is 9.49. The van der Waals surface area contributed by atoms with Crippen LogP contribution in [0.5, 0.6) is 0 Å². The molecule has 1 heterocycles. The fourth-order valence-corrected chi connectivity index (χ4v) is 1.42. The van der Waals surface area contributed by atoms with E-state index in [0.29, 0.717) is 5.92 Å². The van der Waals surface area contributed by atoms with Gasteiger partial charge in [-0.05, 0) is 17.9 Å². The van der Waals surface area contributed by atoms with E-state index >= 15 is 0 Å². The largest absolute Gasteiger partial charge is 0.347 e. The summed E-state index contributed by atoms with van der Waals surface area (Å²) in [5.41, 5.74) is 1.23. The van der Waals surface area contributed by atoms with Crippen LogP contribution in [0.2, 0.25) is 0 Å². The molecule has 0 aromatic carbocycles. The topological polar surface area (TPSA) is 29.0 Å². The number of hydrogen-bond acceptors (Lipinski definition) is 3. The zero-order chi connectivity index (χ0) is 10.6. The Hall–Kier alpha value is -1.12. The minimum absolute atomic E-state index is 0.566. The van der Waals surface area contributed by atoms with E-state index < -0.39 is 0 Å². The zero-order valence-electron chi connectivity index (χ0n) is 9.49. The van der Waals surface area contributed by atoms with Crippen molar-refractivity contribution in [3.05, 3.63) is 18.0 Å². The van der Waals surface area contributed by atoms with Crippen LogP contribution in [0, 0.1) is 0 Å². The van der Waals surface area contributed by atoms with E-state index in [1.807, 2.05) is 31.4 Å². The fourth-order valence-electron chi connectivity index (χ4n) is 1.42. The lowest BCUT2D eigenvalue weighted by Gasteiger charge is -2.12. The number of hydrogen-bond donors (Lipinski definition) is 0. The molecule has 0 saturated carbocycles. The van der Waals surface area contributed by atoms with Crippen LogP contribution in [-0.4, -0.2) is 24.1 Å². The summed E-state index contributed by atoms with van der Waals surface area (Å²) in [6.07, 6.45) is 6.27. The molecule has 1 aromatic rings. The molecule has 3 nitrogen and oxygen atoms in total. The number of nitrogens with zero attached hydrogens (tertiary/aromatic N) is 3. The van der Waals surface area contributed by atoms with Crippen molar-refractivity contribution in [2.45, 2.75) is 32.6 Å². The smallest absolute Gasteiger partial charge is 0.224 e. The first-order chi connectivity index (χ1) is 6.65. The summed E-state index contributed by atoms with van der Waals surface area (Å²) in [6.45, 7) is 4.42. The highest BCUT2D eigenvalue weighted by atomic mass is 15.2. The van der Waals surface area contributed by atoms with E-state index in [4.69, 9.17) is 0 Å². The van der Waals surface area contributed by atoms with Gasteiger partial charge in [0.15, 0.2) is 0 Å². The maximum atomic E-state index is 4.30. The maximum absolute atomic E-state index is 4.30. The van der Waals surface area contributed by atoms with Crippen LogP contribution < -0.4 is 4.90 Å². The average molecular weight is 193 g/mol. The van der Waals surface area contributed by atoms with Crippen molar-refractivity contribution in [3.63, 3.8) is 0 Å². The molecule has 14 heavy (non-hydrogen) atoms. The van der Waals surface area contributed by atoms with Crippen LogP contribution in [0.4, 0.5) is 5.95 Å². The molecule has 0 spiro atoms. The first-order valence-electron chi connectivity index (χ1n) is 5.14. The van der Waals surface area contributed by atoms with Crippen molar-refractivity contribution in [1.29, 1.82) is 0 Å². The van der Waals surface area contributed by atoms with Crippen molar-refractivity contribution < 1.29 is 0 Å². The fraction of sp³-hybridized carbons (Fsp3) is 0.636. The Labute approximate surface area is 86.2 Å². The highest BCUT2D eigenvalue weighted by Gasteiger charge is 2.06. The third kappa shape index (κ3) is 2.69. The summed E-state index contributed by atoms with van der Waals surface area (Å²) in [5.74, 6) is 1.34. The van der Waals surface area contributed by atoms with Crippen LogP contribution in [0.15, 0.2) is 12.4 Å². The molecule has 1 atom stereocenters. The van der Waals surface area contributed by atoms with Gasteiger partial charge in [-0.3, -0.25) is 0 Å². The lowest BCUT2D eigenvalue weighted by atomic mass is 10.00. The molecule has 0 fully saturated rings. The predicted octanol–water partition coefficient (Wildman–Crippen LogP) is 2.45. The van der Waals surface area contributed by atoms with E-state index in [0.717, 1.165) is 5.95 Å². The van der Waals surface area contributed by atoms with Crippen LogP contribution in [-0.2, 0) is 0 Å². The Morgan fingerprint density at radius 2 is 1.86 bits per heavy atom. The number of rotatable bonds is 4. The monoisotopic (exact) mass is 193 g/mol. The lowest BCUT2D eigenvalue weighted by molar-refractivity contribution is 0.659. The highest BCUT2D eigenvalue weighted by Crippen LogP contribution is 2.19. The van der Waals surface area contributed by atoms with Gasteiger partial charge in [-0.2, -0.15) is 0 Å². The van der Waals surface area contributed by atoms with Crippen LogP contribution >= 0.6 is 0 Å². The Morgan fingerprint density at radius 3 is 2.29 bits per heavy atom. The summed E-state index contributed by atoms with van der Waals surface area (Å²) in [4.78, 5) is 10.5. The van der Waals surface area contributed by atoms with Crippen molar-refractivity contribution in [1.82, 2.24) is 9.97 Å². The summed E-state index contributed by atoms with van der Waals surface area (Å²) < 4.78 is 0. The van der Waals surface area contributed by atoms with Gasteiger partial charge in [-0.15, -0.1) is 0 Å². The average Bonchev–Trinajstić information content (AvgIpc) is 2.18. The van der Waals surface area contributed by atoms with Gasteiger partial charge in [-0.25, -0.2) is 9.97 Å². The molecule has 0 radical (unpaired) electrons. The lowest BCUT2D eigenvalue weighted by Crippen LogP contribution is -2.12. The third-order valence-electron chi connectivity index (χ3n) is 2.35. The van der Waals surface area contributed by atoms with Gasteiger partial charge in [0.2, 0.25) is 5.95 Å². The van der Waals surface area contributed by atoms with Gasteiger partial charge in [0.1, 0.15) is 0 Å². The Morgan fingerprint density at radius 1 is 1.29 bits per heavy atom. The first-order valence-corrected chi connectivity index (χ1v) is 5.14. The summed E-state index contributed by atoms with van der Waals surface area (Å²) in [7, 11) is 3.90. The molecule has 78 valence electrons. The van der Waals surface area contributed by atoms with E-state index in [9.17, 15) is 0 Å². The molecule has 0 amide bonds. The van der Waals surface area contributed by atoms with Crippen molar-refractivity contribution in [2.75, 3.05) is 19.0 Å². The molecule has 0 aliphatic rings. The standard InChI is InChI=1S/C11H19N3/c1-5-6-9(2)10-7-12-11(13-8-10)14(3)4/h7-9H,5-6H2,1-4H3. The second-order valence-corrected chi connectivity index (χ2v) is 3.90. The van der Waals surface area contributed by atoms with Gasteiger partial charge in [0.05, 0.1) is 0 Å². The van der Waals surface area contributed by atoms with Gasteiger partial charge >= 0.3 is 0 Å². The van der Waals surface area contributed by atoms with Gasteiger partial charge in [0.25, 0.3) is 0 Å². The molecule has 0 aliphatic carbocycles. The van der Waals surface area contributed by atoms with Crippen LogP contribution in [0.25, 0.3) is 0 Å². The normalized spacial score (nSPS) is 12.6. The van der Waals surface area contributed by atoms with E-state index in [-0.39, 0.29) is 0 Å². The van der Waals surface area contributed by atoms with Crippen LogP contribution in [0.3, 0.4) is 0 Å². The molecular weight excluding hydrogens is 174 g/mol. The molecule has 1 rings (SSSR count). The number of anilines is 1. The van der Waals surface area contributed by atoms with E-state index in [2.05, 4.69) is 23.8 Å². The summed E-state index contributed by atoms with van der Waals surface area (Å²) >= 11 is 0. The van der Waals surface area contributed by atoms with Crippen molar-refractivity contribution in [3.8, 4) is 0 Å². The third-order valence-corrected chi connectivity index (χ3v) is 2.35. The second kappa shape index (κ2) is 4.94. The quantitative estimate of drug-likeness (QED) is 0.735. The predicted molar refractivity (Wildman–Crippen MR) is 59.7 cm³/mol. The van der Waals surface area contributed by atoms with Crippen molar-refractivity contribution in [2.24, 2.45) is 0 Å². The molecule has 1 aromatic heterocycles. The molecule has 0 N–H and O–H groups in total. The van der Waals surface area contributed by atoms with Gasteiger partial charge in [0, 0.05) is 26.5 Å². The molecule has 3 heteroatoms. The summed E-state index contributed by atoms with van der Waals surface area (Å²) in [6, 6.07) is 0. The van der Waals surface area contributed by atoms with Crippen molar-refractivity contribution >= 4 is 5.95 Å². The minimum atomic E-state index is 0.566. The highest BCUT2D eigenvalue weighted by molar-refractivity contribution is 5.27. The summed E-state index contributed by atoms with van der Waals surface area (Å²) in [5, 5.41) is 0. The molecule has 0 aliphatic heterocycles. The molecule has 0 saturated heterocycles.